The molecule has 1 aromatic heterocycles. The Hall–Kier alpha value is -1.97. The molecule has 1 aromatic carbocycles. The first-order valence-corrected chi connectivity index (χ1v) is 6.86. The number of nitrogen functional groups attached to an aromatic ring is 1. The third kappa shape index (κ3) is 3.74. The molecular formula is C15H22N4. The van der Waals surface area contributed by atoms with Crippen molar-refractivity contribution in [3.05, 3.63) is 43.0 Å². The van der Waals surface area contributed by atoms with Crippen molar-refractivity contribution in [3.63, 3.8) is 0 Å². The predicted molar refractivity (Wildman–Crippen MR) is 80.2 cm³/mol. The summed E-state index contributed by atoms with van der Waals surface area (Å²) in [5, 5.41) is 0. The third-order valence-corrected chi connectivity index (χ3v) is 3.17. The first-order valence-electron chi connectivity index (χ1n) is 6.86. The molecule has 102 valence electrons. The Labute approximate surface area is 114 Å². The van der Waals surface area contributed by atoms with Crippen molar-refractivity contribution in [3.8, 4) is 0 Å². The number of benzene rings is 1. The van der Waals surface area contributed by atoms with E-state index in [1.807, 2.05) is 36.9 Å². The number of rotatable bonds is 7. The molecule has 0 unspecified atom stereocenters. The van der Waals surface area contributed by atoms with E-state index >= 15 is 0 Å². The summed E-state index contributed by atoms with van der Waals surface area (Å²) in [7, 11) is 0. The molecule has 0 atom stereocenters. The van der Waals surface area contributed by atoms with Crippen molar-refractivity contribution in [2.75, 3.05) is 23.7 Å². The summed E-state index contributed by atoms with van der Waals surface area (Å²) in [6.07, 6.45) is 7.89. The van der Waals surface area contributed by atoms with Crippen molar-refractivity contribution in [2.45, 2.75) is 26.3 Å². The SMILES string of the molecule is CCCN(CCCn1ccnc1)c1ccccc1N. The Morgan fingerprint density at radius 2 is 2.11 bits per heavy atom. The molecule has 0 radical (unpaired) electrons. The van der Waals surface area contributed by atoms with Gasteiger partial charge >= 0.3 is 0 Å². The molecular weight excluding hydrogens is 236 g/mol. The lowest BCUT2D eigenvalue weighted by Gasteiger charge is -2.25. The fourth-order valence-corrected chi connectivity index (χ4v) is 2.26. The maximum absolute atomic E-state index is 6.06. The third-order valence-electron chi connectivity index (χ3n) is 3.17. The first-order chi connectivity index (χ1) is 9.31. The highest BCUT2D eigenvalue weighted by atomic mass is 15.1. The Kier molecular flexibility index (Phi) is 4.84. The number of para-hydroxylation sites is 2. The van der Waals surface area contributed by atoms with Gasteiger partial charge in [0, 0.05) is 32.0 Å². The molecule has 0 spiro atoms. The Bertz CT molecular complexity index is 479. The summed E-state index contributed by atoms with van der Waals surface area (Å²) in [4.78, 5) is 6.43. The van der Waals surface area contributed by atoms with E-state index in [1.54, 1.807) is 0 Å². The molecule has 0 aliphatic heterocycles. The van der Waals surface area contributed by atoms with Crippen LogP contribution in [0.2, 0.25) is 0 Å². The van der Waals surface area contributed by atoms with Crippen LogP contribution >= 0.6 is 0 Å². The van der Waals surface area contributed by atoms with E-state index in [9.17, 15) is 0 Å². The summed E-state index contributed by atoms with van der Waals surface area (Å²) in [6, 6.07) is 8.09. The number of imidazole rings is 1. The second-order valence-electron chi connectivity index (χ2n) is 4.70. The zero-order valence-electron chi connectivity index (χ0n) is 11.5. The van der Waals surface area contributed by atoms with Gasteiger partial charge in [0.2, 0.25) is 0 Å². The lowest BCUT2D eigenvalue weighted by atomic mass is 10.2. The highest BCUT2D eigenvalue weighted by Gasteiger charge is 2.08. The minimum atomic E-state index is 0.860. The van der Waals surface area contributed by atoms with Crippen LogP contribution in [-0.2, 0) is 6.54 Å². The van der Waals surface area contributed by atoms with Gasteiger partial charge in [0.1, 0.15) is 0 Å². The normalized spacial score (nSPS) is 10.6. The van der Waals surface area contributed by atoms with Crippen molar-refractivity contribution in [2.24, 2.45) is 0 Å². The molecule has 2 N–H and O–H groups in total. The highest BCUT2D eigenvalue weighted by Crippen LogP contribution is 2.22. The number of nitrogens with two attached hydrogens (primary N) is 1. The highest BCUT2D eigenvalue weighted by molar-refractivity contribution is 5.67. The fourth-order valence-electron chi connectivity index (χ4n) is 2.26. The molecule has 1 heterocycles. The minimum Gasteiger partial charge on any atom is -0.397 e. The molecule has 19 heavy (non-hydrogen) atoms. The molecule has 2 rings (SSSR count). The van der Waals surface area contributed by atoms with Gasteiger partial charge in [0.05, 0.1) is 17.7 Å². The topological polar surface area (TPSA) is 47.1 Å². The molecule has 0 saturated carbocycles. The van der Waals surface area contributed by atoms with Gasteiger partial charge in [-0.05, 0) is 25.0 Å². The van der Waals surface area contributed by atoms with Gasteiger partial charge in [0.25, 0.3) is 0 Å². The fraction of sp³-hybridized carbons (Fsp3) is 0.400. The zero-order chi connectivity index (χ0) is 13.5. The predicted octanol–water partition coefficient (Wildman–Crippen LogP) is 2.77. The quantitative estimate of drug-likeness (QED) is 0.777. The van der Waals surface area contributed by atoms with Crippen LogP contribution in [0, 0.1) is 0 Å². The van der Waals surface area contributed by atoms with Crippen LogP contribution in [0.25, 0.3) is 0 Å². The van der Waals surface area contributed by atoms with Gasteiger partial charge in [-0.15, -0.1) is 0 Å². The zero-order valence-corrected chi connectivity index (χ0v) is 11.5. The maximum atomic E-state index is 6.06. The van der Waals surface area contributed by atoms with E-state index in [4.69, 9.17) is 5.73 Å². The van der Waals surface area contributed by atoms with Gasteiger partial charge in [-0.2, -0.15) is 0 Å². The molecule has 4 heteroatoms. The molecule has 4 nitrogen and oxygen atoms in total. The summed E-state index contributed by atoms with van der Waals surface area (Å²) in [5.74, 6) is 0. The first kappa shape index (κ1) is 13.5. The van der Waals surface area contributed by atoms with E-state index in [2.05, 4.69) is 27.4 Å². The van der Waals surface area contributed by atoms with E-state index in [0.717, 1.165) is 43.9 Å². The van der Waals surface area contributed by atoms with E-state index in [1.165, 1.54) is 0 Å². The number of aryl methyl sites for hydroxylation is 1. The van der Waals surface area contributed by atoms with Crippen molar-refractivity contribution in [1.29, 1.82) is 0 Å². The largest absolute Gasteiger partial charge is 0.397 e. The van der Waals surface area contributed by atoms with Crippen LogP contribution < -0.4 is 10.6 Å². The number of nitrogens with zero attached hydrogens (tertiary/aromatic N) is 3. The van der Waals surface area contributed by atoms with Crippen LogP contribution in [0.15, 0.2) is 43.0 Å². The van der Waals surface area contributed by atoms with Crippen molar-refractivity contribution < 1.29 is 0 Å². The number of anilines is 2. The summed E-state index contributed by atoms with van der Waals surface area (Å²) >= 11 is 0. The second kappa shape index (κ2) is 6.83. The van der Waals surface area contributed by atoms with Gasteiger partial charge in [0.15, 0.2) is 0 Å². The average Bonchev–Trinajstić information content (AvgIpc) is 2.92. The molecule has 0 aliphatic rings. The van der Waals surface area contributed by atoms with Gasteiger partial charge in [-0.3, -0.25) is 0 Å². The minimum absolute atomic E-state index is 0.860. The molecule has 0 bridgehead atoms. The van der Waals surface area contributed by atoms with Crippen LogP contribution in [0.5, 0.6) is 0 Å². The van der Waals surface area contributed by atoms with Gasteiger partial charge in [-0.1, -0.05) is 19.1 Å². The molecule has 0 amide bonds. The van der Waals surface area contributed by atoms with Crippen LogP contribution in [0.4, 0.5) is 11.4 Å². The Morgan fingerprint density at radius 3 is 2.79 bits per heavy atom. The van der Waals surface area contributed by atoms with Crippen molar-refractivity contribution in [1.82, 2.24) is 9.55 Å². The second-order valence-corrected chi connectivity index (χ2v) is 4.70. The standard InChI is InChI=1S/C15H22N4/c1-2-9-19(15-7-4-3-6-14(15)16)11-5-10-18-12-8-17-13-18/h3-4,6-8,12-13H,2,5,9-11,16H2,1H3. The van der Waals surface area contributed by atoms with Crippen LogP contribution in [0.1, 0.15) is 19.8 Å². The molecule has 2 aromatic rings. The number of hydrogen-bond donors (Lipinski definition) is 1. The lowest BCUT2D eigenvalue weighted by molar-refractivity contribution is 0.619. The molecule has 0 fully saturated rings. The number of hydrogen-bond acceptors (Lipinski definition) is 3. The van der Waals surface area contributed by atoms with E-state index in [0.29, 0.717) is 0 Å². The lowest BCUT2D eigenvalue weighted by Crippen LogP contribution is -2.26. The Morgan fingerprint density at radius 1 is 1.26 bits per heavy atom. The smallest absolute Gasteiger partial charge is 0.0945 e. The summed E-state index contributed by atoms with van der Waals surface area (Å²) in [5.41, 5.74) is 8.07. The Balaban J connectivity index is 1.94. The van der Waals surface area contributed by atoms with Gasteiger partial charge < -0.3 is 15.2 Å². The van der Waals surface area contributed by atoms with Gasteiger partial charge in [-0.25, -0.2) is 4.98 Å². The monoisotopic (exact) mass is 258 g/mol. The molecule has 0 saturated heterocycles. The maximum Gasteiger partial charge on any atom is 0.0945 e. The van der Waals surface area contributed by atoms with Crippen molar-refractivity contribution >= 4 is 11.4 Å². The summed E-state index contributed by atoms with van der Waals surface area (Å²) < 4.78 is 2.11. The number of aromatic nitrogens is 2. The average molecular weight is 258 g/mol. The van der Waals surface area contributed by atoms with Crippen LogP contribution in [-0.4, -0.2) is 22.6 Å². The van der Waals surface area contributed by atoms with Crippen LogP contribution in [0.3, 0.4) is 0 Å². The summed E-state index contributed by atoms with van der Waals surface area (Å²) in [6.45, 7) is 5.24. The van der Waals surface area contributed by atoms with E-state index in [-0.39, 0.29) is 0 Å². The molecule has 0 aliphatic carbocycles. The van der Waals surface area contributed by atoms with E-state index < -0.39 is 0 Å².